The molecule has 2 unspecified atom stereocenters. The fraction of sp³-hybridized carbons (Fsp3) is 1.00. The van der Waals surface area contributed by atoms with Gasteiger partial charge >= 0.3 is 0 Å². The highest BCUT2D eigenvalue weighted by Gasteiger charge is 2.46. The molecule has 0 amide bonds. The molecule has 4 heterocycles. The van der Waals surface area contributed by atoms with Crippen molar-refractivity contribution in [2.24, 2.45) is 0 Å². The van der Waals surface area contributed by atoms with Crippen molar-refractivity contribution in [3.05, 3.63) is 0 Å². The van der Waals surface area contributed by atoms with Crippen molar-refractivity contribution in [3.8, 4) is 0 Å². The Morgan fingerprint density at radius 2 is 1.16 bits per heavy atom. The molecular weight excluding hydrogens is 256 g/mol. The minimum absolute atomic E-state index is 0.284. The molecule has 19 heavy (non-hydrogen) atoms. The van der Waals surface area contributed by atoms with Gasteiger partial charge in [-0.05, 0) is 0 Å². The monoisotopic (exact) mass is 276 g/mol. The summed E-state index contributed by atoms with van der Waals surface area (Å²) in [5, 5.41) is 18.3. The summed E-state index contributed by atoms with van der Waals surface area (Å²) in [6.45, 7) is 3.83. The zero-order valence-electron chi connectivity index (χ0n) is 10.6. The molecule has 4 fully saturated rings. The van der Waals surface area contributed by atoms with Crippen molar-refractivity contribution in [1.82, 2.24) is 0 Å². The van der Waals surface area contributed by atoms with E-state index in [1.807, 2.05) is 0 Å². The van der Waals surface area contributed by atoms with Crippen LogP contribution in [0, 0.1) is 0 Å². The number of aliphatic hydroxyl groups is 2. The Hall–Kier alpha value is -0.280. The van der Waals surface area contributed by atoms with E-state index >= 15 is 0 Å². The first kappa shape index (κ1) is 13.7. The molecule has 4 rings (SSSR count). The highest BCUT2D eigenvalue weighted by Crippen LogP contribution is 2.26. The van der Waals surface area contributed by atoms with E-state index in [1.54, 1.807) is 0 Å². The Bertz CT molecular complexity index is 264. The number of epoxide rings is 2. The summed E-state index contributed by atoms with van der Waals surface area (Å²) in [4.78, 5) is 0. The summed E-state index contributed by atoms with van der Waals surface area (Å²) in [6.07, 6.45) is -0.915. The third-order valence-electron chi connectivity index (χ3n) is 3.41. The molecule has 0 bridgehead atoms. The Labute approximate surface area is 111 Å². The topological polar surface area (TPSA) is 93.2 Å². The highest BCUT2D eigenvalue weighted by molar-refractivity contribution is 4.93. The third kappa shape index (κ3) is 3.85. The molecule has 4 aliphatic rings. The van der Waals surface area contributed by atoms with E-state index in [2.05, 4.69) is 0 Å². The second-order valence-electron chi connectivity index (χ2n) is 5.18. The molecule has 0 spiro atoms. The molecule has 6 atom stereocenters. The van der Waals surface area contributed by atoms with Crippen LogP contribution >= 0.6 is 0 Å². The number of ether oxygens (including phenoxy) is 5. The van der Waals surface area contributed by atoms with Gasteiger partial charge in [-0.2, -0.15) is 0 Å². The van der Waals surface area contributed by atoms with Gasteiger partial charge in [0.1, 0.15) is 36.6 Å². The molecule has 0 aromatic carbocycles. The largest absolute Gasteiger partial charge is 0.388 e. The van der Waals surface area contributed by atoms with Gasteiger partial charge in [-0.25, -0.2) is 0 Å². The van der Waals surface area contributed by atoms with Crippen LogP contribution in [0.4, 0.5) is 0 Å². The standard InChI is InChI=1S/C6H10O4.C6H10O3/c7-3-1-9-6-4(8)2-10-5(3)6;1(5-3-8-5)7-2-6-4-9-6/h3-8H,1-2H2;5-6H,1-4H2/t3-,4-,5-,6-;/m1./s1. The SMILES string of the molecule is C(OCC1CO1)C1CO1.O[C@@H]1CO[C@H]2[C@@H]1OC[C@H]2O. The fourth-order valence-electron chi connectivity index (χ4n) is 2.12. The van der Waals surface area contributed by atoms with Crippen LogP contribution in [0.25, 0.3) is 0 Å². The van der Waals surface area contributed by atoms with Crippen molar-refractivity contribution in [2.45, 2.75) is 36.6 Å². The molecule has 0 saturated carbocycles. The lowest BCUT2D eigenvalue weighted by Gasteiger charge is -2.09. The number of aliphatic hydroxyl groups excluding tert-OH is 2. The molecule has 110 valence electrons. The zero-order valence-corrected chi connectivity index (χ0v) is 10.6. The smallest absolute Gasteiger partial charge is 0.114 e. The normalized spacial score (nSPS) is 46.4. The van der Waals surface area contributed by atoms with Crippen LogP contribution in [0.3, 0.4) is 0 Å². The first-order valence-electron chi connectivity index (χ1n) is 6.64. The van der Waals surface area contributed by atoms with Crippen LogP contribution in [0.5, 0.6) is 0 Å². The van der Waals surface area contributed by atoms with Crippen molar-refractivity contribution in [2.75, 3.05) is 39.6 Å². The van der Waals surface area contributed by atoms with Crippen molar-refractivity contribution in [3.63, 3.8) is 0 Å². The summed E-state index contributed by atoms with van der Waals surface area (Å²) in [7, 11) is 0. The van der Waals surface area contributed by atoms with E-state index in [1.165, 1.54) is 0 Å². The van der Waals surface area contributed by atoms with Gasteiger partial charge in [-0.15, -0.1) is 0 Å². The van der Waals surface area contributed by atoms with E-state index in [0.717, 1.165) is 26.4 Å². The highest BCUT2D eigenvalue weighted by atomic mass is 16.6. The lowest BCUT2D eigenvalue weighted by atomic mass is 10.1. The molecule has 7 nitrogen and oxygen atoms in total. The number of hydrogen-bond acceptors (Lipinski definition) is 7. The van der Waals surface area contributed by atoms with E-state index in [9.17, 15) is 0 Å². The van der Waals surface area contributed by atoms with Gasteiger partial charge in [-0.3, -0.25) is 0 Å². The third-order valence-corrected chi connectivity index (χ3v) is 3.41. The van der Waals surface area contributed by atoms with E-state index < -0.39 is 12.2 Å². The Morgan fingerprint density at radius 1 is 0.737 bits per heavy atom. The van der Waals surface area contributed by atoms with Crippen LogP contribution in [0.2, 0.25) is 0 Å². The Balaban J connectivity index is 0.000000117. The van der Waals surface area contributed by atoms with Crippen molar-refractivity contribution >= 4 is 0 Å². The minimum atomic E-state index is -0.554. The summed E-state index contributed by atoms with van der Waals surface area (Å²) >= 11 is 0. The summed E-state index contributed by atoms with van der Waals surface area (Å²) < 4.78 is 25.3. The fourth-order valence-corrected chi connectivity index (χ4v) is 2.12. The number of rotatable bonds is 4. The molecular formula is C12H20O7. The van der Waals surface area contributed by atoms with Crippen LogP contribution in [0.1, 0.15) is 0 Å². The van der Waals surface area contributed by atoms with Crippen molar-refractivity contribution < 1.29 is 33.9 Å². The molecule has 7 heteroatoms. The molecule has 2 N–H and O–H groups in total. The maximum atomic E-state index is 9.16. The average Bonchev–Trinajstić information content (AvgIpc) is 3.31. The summed E-state index contributed by atoms with van der Waals surface area (Å²) in [6, 6.07) is 0. The van der Waals surface area contributed by atoms with Crippen LogP contribution in [-0.4, -0.2) is 86.5 Å². The Kier molecular flexibility index (Phi) is 4.33. The summed E-state index contributed by atoms with van der Waals surface area (Å²) in [5.41, 5.74) is 0. The van der Waals surface area contributed by atoms with Crippen LogP contribution in [0.15, 0.2) is 0 Å². The van der Waals surface area contributed by atoms with Gasteiger partial charge in [0.05, 0.1) is 39.6 Å². The number of fused-ring (bicyclic) bond motifs is 1. The van der Waals surface area contributed by atoms with E-state index in [-0.39, 0.29) is 25.4 Å². The zero-order chi connectivity index (χ0) is 13.2. The molecule has 4 saturated heterocycles. The second kappa shape index (κ2) is 6.01. The second-order valence-corrected chi connectivity index (χ2v) is 5.18. The predicted octanol–water partition coefficient (Wildman–Crippen LogP) is -1.69. The quantitative estimate of drug-likeness (QED) is 0.592. The van der Waals surface area contributed by atoms with Gasteiger partial charge < -0.3 is 33.9 Å². The first-order chi connectivity index (χ1) is 9.24. The molecule has 0 radical (unpaired) electrons. The lowest BCUT2D eigenvalue weighted by molar-refractivity contribution is 0.00205. The Morgan fingerprint density at radius 3 is 1.53 bits per heavy atom. The van der Waals surface area contributed by atoms with E-state index in [0.29, 0.717) is 12.2 Å². The predicted molar refractivity (Wildman–Crippen MR) is 61.8 cm³/mol. The molecule has 0 aliphatic carbocycles. The van der Waals surface area contributed by atoms with Gasteiger partial charge in [0, 0.05) is 0 Å². The first-order valence-corrected chi connectivity index (χ1v) is 6.64. The van der Waals surface area contributed by atoms with Crippen molar-refractivity contribution in [1.29, 1.82) is 0 Å². The number of hydrogen-bond donors (Lipinski definition) is 2. The van der Waals surface area contributed by atoms with E-state index in [4.69, 9.17) is 33.9 Å². The van der Waals surface area contributed by atoms with Gasteiger partial charge in [0.15, 0.2) is 0 Å². The minimum Gasteiger partial charge on any atom is -0.388 e. The van der Waals surface area contributed by atoms with Gasteiger partial charge in [-0.1, -0.05) is 0 Å². The lowest BCUT2D eigenvalue weighted by Crippen LogP contribution is -2.30. The maximum absolute atomic E-state index is 9.16. The molecule has 0 aromatic heterocycles. The van der Waals surface area contributed by atoms with Crippen LogP contribution < -0.4 is 0 Å². The summed E-state index contributed by atoms with van der Waals surface area (Å²) in [5.74, 6) is 0. The average molecular weight is 276 g/mol. The molecule has 4 aliphatic heterocycles. The van der Waals surface area contributed by atoms with Crippen LogP contribution in [-0.2, 0) is 23.7 Å². The maximum Gasteiger partial charge on any atom is 0.114 e. The van der Waals surface area contributed by atoms with Gasteiger partial charge in [0.25, 0.3) is 0 Å². The van der Waals surface area contributed by atoms with Gasteiger partial charge in [0.2, 0.25) is 0 Å². The molecule has 0 aromatic rings.